The van der Waals surface area contributed by atoms with E-state index in [1.807, 2.05) is 32.0 Å². The lowest BCUT2D eigenvalue weighted by atomic mass is 10.1. The summed E-state index contributed by atoms with van der Waals surface area (Å²) >= 11 is 5.93. The standard InChI is InChI=1S/C25H22ClN7O2/c1-14-4-9-19(10-15(14)2)32-23-20(13-27-32)24(35)30-25(29-23)33-21(11-16(3)31-33)28-22(34)12-17-5-7-18(26)8-6-17/h4-11,13H,12H2,1-3H3,(H,28,34)(H,29,30,35). The first-order valence-electron chi connectivity index (χ1n) is 11.0. The number of H-pyrrole nitrogens is 1. The van der Waals surface area contributed by atoms with Crippen molar-refractivity contribution in [3.8, 4) is 11.6 Å². The van der Waals surface area contributed by atoms with E-state index >= 15 is 0 Å². The highest BCUT2D eigenvalue weighted by Crippen LogP contribution is 2.20. The van der Waals surface area contributed by atoms with E-state index in [0.717, 1.165) is 22.4 Å². The minimum Gasteiger partial charge on any atom is -0.310 e. The van der Waals surface area contributed by atoms with E-state index in [1.165, 1.54) is 10.9 Å². The summed E-state index contributed by atoms with van der Waals surface area (Å²) in [4.78, 5) is 33.0. The summed E-state index contributed by atoms with van der Waals surface area (Å²) in [5, 5.41) is 12.6. The lowest BCUT2D eigenvalue weighted by molar-refractivity contribution is -0.115. The third-order valence-electron chi connectivity index (χ3n) is 5.74. The second kappa shape index (κ2) is 8.84. The first kappa shape index (κ1) is 22.5. The Balaban J connectivity index is 1.52. The van der Waals surface area contributed by atoms with Crippen LogP contribution in [0.4, 0.5) is 5.82 Å². The van der Waals surface area contributed by atoms with Gasteiger partial charge in [-0.05, 0) is 61.7 Å². The lowest BCUT2D eigenvalue weighted by Gasteiger charge is -2.10. The topological polar surface area (TPSA) is 110 Å². The van der Waals surface area contributed by atoms with Gasteiger partial charge in [-0.1, -0.05) is 29.8 Å². The highest BCUT2D eigenvalue weighted by Gasteiger charge is 2.17. The predicted octanol–water partition coefficient (Wildman–Crippen LogP) is 4.05. The number of aromatic amines is 1. The fraction of sp³-hybridized carbons (Fsp3) is 0.160. The highest BCUT2D eigenvalue weighted by atomic mass is 35.5. The number of aryl methyl sites for hydroxylation is 3. The number of rotatable bonds is 5. The third kappa shape index (κ3) is 4.45. The molecule has 2 N–H and O–H groups in total. The van der Waals surface area contributed by atoms with E-state index < -0.39 is 0 Å². The molecule has 5 rings (SSSR count). The van der Waals surface area contributed by atoms with Crippen molar-refractivity contribution in [2.75, 3.05) is 5.32 Å². The van der Waals surface area contributed by atoms with Gasteiger partial charge in [0.25, 0.3) is 5.56 Å². The predicted molar refractivity (Wildman–Crippen MR) is 135 cm³/mol. The molecule has 9 nitrogen and oxygen atoms in total. The number of hydrogen-bond donors (Lipinski definition) is 2. The second-order valence-corrected chi connectivity index (χ2v) is 8.82. The Morgan fingerprint density at radius 2 is 1.80 bits per heavy atom. The van der Waals surface area contributed by atoms with Crippen LogP contribution in [0.15, 0.2) is 59.5 Å². The van der Waals surface area contributed by atoms with Crippen LogP contribution in [0, 0.1) is 20.8 Å². The Morgan fingerprint density at radius 3 is 2.54 bits per heavy atom. The molecule has 0 saturated carbocycles. The van der Waals surface area contributed by atoms with E-state index in [0.29, 0.717) is 27.6 Å². The molecule has 35 heavy (non-hydrogen) atoms. The molecule has 0 aliphatic heterocycles. The normalized spacial score (nSPS) is 11.2. The van der Waals surface area contributed by atoms with Crippen molar-refractivity contribution in [3.63, 3.8) is 0 Å². The highest BCUT2D eigenvalue weighted by molar-refractivity contribution is 6.30. The molecular formula is C25H22ClN7O2. The number of nitrogens with one attached hydrogen (secondary N) is 2. The molecule has 1 amide bonds. The molecule has 0 bridgehead atoms. The molecule has 0 radical (unpaired) electrons. The molecule has 10 heteroatoms. The quantitative estimate of drug-likeness (QED) is 0.388. The SMILES string of the molecule is Cc1cc(NC(=O)Cc2ccc(Cl)cc2)n(-c2nc3c(cnn3-c3ccc(C)c(C)c3)c(=O)[nH]2)n1. The Kier molecular flexibility index (Phi) is 5.70. The molecule has 2 aromatic carbocycles. The van der Waals surface area contributed by atoms with Crippen LogP contribution in [0.1, 0.15) is 22.4 Å². The van der Waals surface area contributed by atoms with Crippen molar-refractivity contribution >= 4 is 34.4 Å². The van der Waals surface area contributed by atoms with Crippen LogP contribution < -0.4 is 10.9 Å². The summed E-state index contributed by atoms with van der Waals surface area (Å²) in [6, 6.07) is 14.7. The number of amides is 1. The van der Waals surface area contributed by atoms with Crippen molar-refractivity contribution in [1.29, 1.82) is 0 Å². The number of benzene rings is 2. The van der Waals surface area contributed by atoms with Gasteiger partial charge >= 0.3 is 0 Å². The molecule has 0 unspecified atom stereocenters. The van der Waals surface area contributed by atoms with Crippen molar-refractivity contribution < 1.29 is 4.79 Å². The number of aromatic nitrogens is 6. The van der Waals surface area contributed by atoms with Gasteiger partial charge in [-0.15, -0.1) is 0 Å². The molecule has 0 atom stereocenters. The first-order chi connectivity index (χ1) is 16.8. The van der Waals surface area contributed by atoms with Gasteiger partial charge in [0.2, 0.25) is 11.9 Å². The number of halogens is 1. The van der Waals surface area contributed by atoms with Crippen LogP contribution >= 0.6 is 11.6 Å². The third-order valence-corrected chi connectivity index (χ3v) is 5.99. The molecule has 0 aliphatic carbocycles. The molecule has 5 aromatic rings. The Labute approximate surface area is 205 Å². The molecule has 0 fully saturated rings. The zero-order valence-corrected chi connectivity index (χ0v) is 20.1. The summed E-state index contributed by atoms with van der Waals surface area (Å²) in [5.41, 5.74) is 4.55. The van der Waals surface area contributed by atoms with Gasteiger partial charge in [0, 0.05) is 11.1 Å². The monoisotopic (exact) mass is 487 g/mol. The molecule has 0 saturated heterocycles. The van der Waals surface area contributed by atoms with Crippen LogP contribution in [0.3, 0.4) is 0 Å². The maximum atomic E-state index is 12.9. The Hall–Kier alpha value is -4.24. The van der Waals surface area contributed by atoms with E-state index in [9.17, 15) is 9.59 Å². The second-order valence-electron chi connectivity index (χ2n) is 8.39. The van der Waals surface area contributed by atoms with E-state index in [-0.39, 0.29) is 23.8 Å². The molecule has 176 valence electrons. The van der Waals surface area contributed by atoms with Crippen molar-refractivity contribution in [2.24, 2.45) is 0 Å². The molecule has 0 spiro atoms. The van der Waals surface area contributed by atoms with E-state index in [1.54, 1.807) is 41.9 Å². The van der Waals surface area contributed by atoms with E-state index in [2.05, 4.69) is 25.5 Å². The molecule has 3 aromatic heterocycles. The number of nitrogens with zero attached hydrogens (tertiary/aromatic N) is 5. The van der Waals surface area contributed by atoms with Crippen molar-refractivity contribution in [3.05, 3.63) is 92.5 Å². The summed E-state index contributed by atoms with van der Waals surface area (Å²) in [7, 11) is 0. The molecule has 3 heterocycles. The smallest absolute Gasteiger partial charge is 0.263 e. The maximum Gasteiger partial charge on any atom is 0.263 e. The number of carbonyl (C=O) groups excluding carboxylic acids is 1. The van der Waals surface area contributed by atoms with Gasteiger partial charge in [-0.25, -0.2) is 4.68 Å². The zero-order chi connectivity index (χ0) is 24.7. The number of carbonyl (C=O) groups is 1. The van der Waals surface area contributed by atoms with Crippen LogP contribution in [-0.2, 0) is 11.2 Å². The number of fused-ring (bicyclic) bond motifs is 1. The largest absolute Gasteiger partial charge is 0.310 e. The van der Waals surface area contributed by atoms with Gasteiger partial charge in [0.15, 0.2) is 5.65 Å². The number of hydrogen-bond acceptors (Lipinski definition) is 5. The Bertz CT molecular complexity index is 1630. The van der Waals surface area contributed by atoms with Crippen LogP contribution in [-0.4, -0.2) is 35.4 Å². The van der Waals surface area contributed by atoms with Crippen molar-refractivity contribution in [1.82, 2.24) is 29.5 Å². The van der Waals surface area contributed by atoms with Gasteiger partial charge in [-0.3, -0.25) is 14.6 Å². The fourth-order valence-corrected chi connectivity index (χ4v) is 3.90. The van der Waals surface area contributed by atoms with Crippen LogP contribution in [0.2, 0.25) is 5.02 Å². The van der Waals surface area contributed by atoms with Gasteiger partial charge < -0.3 is 5.32 Å². The fourth-order valence-electron chi connectivity index (χ4n) is 3.78. The zero-order valence-electron chi connectivity index (χ0n) is 19.3. The summed E-state index contributed by atoms with van der Waals surface area (Å²) in [6.07, 6.45) is 1.65. The van der Waals surface area contributed by atoms with Gasteiger partial charge in [-0.2, -0.15) is 19.9 Å². The summed E-state index contributed by atoms with van der Waals surface area (Å²) in [6.45, 7) is 5.84. The minimum absolute atomic E-state index is 0.157. The number of anilines is 1. The lowest BCUT2D eigenvalue weighted by Crippen LogP contribution is -2.20. The minimum atomic E-state index is -0.355. The average molecular weight is 488 g/mol. The maximum absolute atomic E-state index is 12.9. The molecular weight excluding hydrogens is 466 g/mol. The molecule has 0 aliphatic rings. The first-order valence-corrected chi connectivity index (χ1v) is 11.3. The Morgan fingerprint density at radius 1 is 1.03 bits per heavy atom. The van der Waals surface area contributed by atoms with Crippen molar-refractivity contribution in [2.45, 2.75) is 27.2 Å². The van der Waals surface area contributed by atoms with Gasteiger partial charge in [0.1, 0.15) is 11.2 Å². The van der Waals surface area contributed by atoms with Crippen LogP contribution in [0.25, 0.3) is 22.7 Å². The van der Waals surface area contributed by atoms with Gasteiger partial charge in [0.05, 0.1) is 24.0 Å². The average Bonchev–Trinajstić information content (AvgIpc) is 3.41. The van der Waals surface area contributed by atoms with E-state index in [4.69, 9.17) is 11.6 Å². The summed E-state index contributed by atoms with van der Waals surface area (Å²) in [5.74, 6) is 0.321. The summed E-state index contributed by atoms with van der Waals surface area (Å²) < 4.78 is 3.03. The van der Waals surface area contributed by atoms with Crippen LogP contribution in [0.5, 0.6) is 0 Å².